The van der Waals surface area contributed by atoms with Gasteiger partial charge < -0.3 is 0 Å². The van der Waals surface area contributed by atoms with Crippen LogP contribution in [-0.2, 0) is 65.4 Å². The number of rotatable bonds is 3. The van der Waals surface area contributed by atoms with Crippen LogP contribution in [0, 0.1) is 6.92 Å². The quantitative estimate of drug-likeness (QED) is 0.177. The van der Waals surface area contributed by atoms with Crippen LogP contribution in [0.4, 0.5) is 0 Å². The predicted octanol–water partition coefficient (Wildman–Crippen LogP) is 15.3. The number of aromatic nitrogens is 2. The number of aryl methyl sites for hydroxylation is 1. The summed E-state index contributed by atoms with van der Waals surface area (Å²) in [5.74, 6) is 0. The Bertz CT molecular complexity index is 1360. The normalized spacial score (nSPS) is 7.78. The van der Waals surface area contributed by atoms with Gasteiger partial charge in [-0.05, 0) is 31.2 Å². The Morgan fingerprint density at radius 1 is 0.294 bits per heavy atom. The molecule has 0 spiro atoms. The molecule has 0 N–H and O–H groups in total. The fraction of sp³-hybridized carbons (Fsp3) is 0.277. The zero-order valence-corrected chi connectivity index (χ0v) is 39.8. The van der Waals surface area contributed by atoms with Gasteiger partial charge in [-0.1, -0.05) is 222 Å². The topological polar surface area (TPSA) is 25.8 Å². The minimum absolute atomic E-state index is 0. The zero-order chi connectivity index (χ0) is 37.5. The fourth-order valence-corrected chi connectivity index (χ4v) is 3.65. The molecule has 0 fully saturated rings. The van der Waals surface area contributed by atoms with Gasteiger partial charge in [0.05, 0.1) is 17.1 Å². The van der Waals surface area contributed by atoms with Crippen molar-refractivity contribution in [1.82, 2.24) is 9.97 Å². The maximum atomic E-state index is 4.71. The second kappa shape index (κ2) is 45.4. The summed E-state index contributed by atoms with van der Waals surface area (Å²) in [7, 11) is 0. The zero-order valence-electron chi connectivity index (χ0n) is 34.1. The van der Waals surface area contributed by atoms with Crippen molar-refractivity contribution >= 4 is 0 Å². The molecule has 2 aromatic heterocycles. The molecule has 270 valence electrons. The van der Waals surface area contributed by atoms with E-state index in [2.05, 4.69) is 66.5 Å². The smallest absolute Gasteiger partial charge is 0.0709 e. The number of pyridine rings is 2. The van der Waals surface area contributed by atoms with Gasteiger partial charge in [0.15, 0.2) is 0 Å². The number of hydrogen-bond donors (Lipinski definition) is 0. The van der Waals surface area contributed by atoms with Crippen molar-refractivity contribution in [2.75, 3.05) is 0 Å². The van der Waals surface area contributed by atoms with Crippen molar-refractivity contribution in [1.29, 1.82) is 0 Å². The van der Waals surface area contributed by atoms with Crippen molar-refractivity contribution in [3.05, 3.63) is 169 Å². The van der Waals surface area contributed by atoms with Crippen LogP contribution in [0.5, 0.6) is 0 Å². The standard InChI is InChI=1S/C17H13N.C11H9N.C7H8.6C2H6.2Y/c1-3-8-14(9-4-1)16-12-7-13-17(18-16)15-10-5-2-6-11-15;1-2-6-10(7-3-1)11-8-4-5-9-12-11;1-7-5-3-2-4-6-7;6*1-2;;/h1-13H;1-9H;2-6H,1H3;6*1-2H3;;. The molecule has 51 heavy (non-hydrogen) atoms. The van der Waals surface area contributed by atoms with Crippen LogP contribution in [0.3, 0.4) is 0 Å². The van der Waals surface area contributed by atoms with E-state index in [1.54, 1.807) is 0 Å². The van der Waals surface area contributed by atoms with E-state index in [-0.39, 0.29) is 65.4 Å². The van der Waals surface area contributed by atoms with Crippen LogP contribution in [-0.4, -0.2) is 9.97 Å². The molecule has 6 aromatic rings. The maximum Gasteiger partial charge on any atom is 0.0709 e. The summed E-state index contributed by atoms with van der Waals surface area (Å²) in [5, 5.41) is 0. The monoisotopic (exact) mass is 836 g/mol. The van der Waals surface area contributed by atoms with Crippen LogP contribution >= 0.6 is 0 Å². The van der Waals surface area contributed by atoms with E-state index < -0.39 is 0 Å². The Hall–Kier alpha value is -2.61. The first-order valence-corrected chi connectivity index (χ1v) is 18.4. The van der Waals surface area contributed by atoms with Gasteiger partial charge in [0, 0.05) is 88.3 Å². The summed E-state index contributed by atoms with van der Waals surface area (Å²) in [6, 6.07) is 53.0. The van der Waals surface area contributed by atoms with Crippen molar-refractivity contribution < 1.29 is 65.4 Å². The first-order valence-electron chi connectivity index (χ1n) is 18.4. The van der Waals surface area contributed by atoms with Gasteiger partial charge in [-0.3, -0.25) is 4.98 Å². The molecule has 0 bridgehead atoms. The number of benzene rings is 4. The summed E-state index contributed by atoms with van der Waals surface area (Å²) in [6.07, 6.45) is 1.81. The van der Waals surface area contributed by atoms with E-state index in [1.165, 1.54) is 5.56 Å². The van der Waals surface area contributed by atoms with Crippen molar-refractivity contribution in [2.45, 2.75) is 90.0 Å². The van der Waals surface area contributed by atoms with E-state index in [4.69, 9.17) is 4.98 Å². The third kappa shape index (κ3) is 27.7. The SMILES string of the molecule is CC.CC.CC.CC.CC.CC.Cc1ccccc1.[Y].[Y].c1ccc(-c2cccc(-c3ccccc3)n2)cc1.c1ccc(-c2ccccn2)cc1. The van der Waals surface area contributed by atoms with Crippen LogP contribution in [0.2, 0.25) is 0 Å². The molecule has 0 amide bonds. The molecule has 0 aliphatic carbocycles. The number of nitrogens with zero attached hydrogens (tertiary/aromatic N) is 2. The van der Waals surface area contributed by atoms with Crippen LogP contribution in [0.25, 0.3) is 33.8 Å². The van der Waals surface area contributed by atoms with E-state index in [0.717, 1.165) is 33.8 Å². The Kier molecular flexibility index (Phi) is 51.4. The summed E-state index contributed by atoms with van der Waals surface area (Å²) < 4.78 is 0. The Labute approximate surface area is 365 Å². The van der Waals surface area contributed by atoms with Gasteiger partial charge >= 0.3 is 0 Å². The van der Waals surface area contributed by atoms with Gasteiger partial charge in [0.2, 0.25) is 0 Å². The van der Waals surface area contributed by atoms with E-state index in [1.807, 2.05) is 192 Å². The summed E-state index contributed by atoms with van der Waals surface area (Å²) in [6.45, 7) is 26.1. The third-order valence-electron chi connectivity index (χ3n) is 5.56. The van der Waals surface area contributed by atoms with Gasteiger partial charge in [-0.15, -0.1) is 0 Å². The summed E-state index contributed by atoms with van der Waals surface area (Å²) >= 11 is 0. The molecule has 2 nitrogen and oxygen atoms in total. The van der Waals surface area contributed by atoms with Crippen LogP contribution in [0.1, 0.15) is 88.6 Å². The van der Waals surface area contributed by atoms with E-state index in [0.29, 0.717) is 0 Å². The average molecular weight is 837 g/mol. The van der Waals surface area contributed by atoms with E-state index in [9.17, 15) is 0 Å². The largest absolute Gasteiger partial charge is 0.256 e. The molecule has 2 heterocycles. The average Bonchev–Trinajstić information content (AvgIpc) is 3.24. The molecule has 2 radical (unpaired) electrons. The Morgan fingerprint density at radius 3 is 0.843 bits per heavy atom. The molecule has 6 rings (SSSR count). The second-order valence-corrected chi connectivity index (χ2v) is 8.38. The van der Waals surface area contributed by atoms with Gasteiger partial charge in [-0.2, -0.15) is 0 Å². The molecule has 4 aromatic carbocycles. The molecule has 4 heteroatoms. The maximum absolute atomic E-state index is 4.71. The fourth-order valence-electron chi connectivity index (χ4n) is 3.65. The minimum Gasteiger partial charge on any atom is -0.256 e. The summed E-state index contributed by atoms with van der Waals surface area (Å²) in [5.41, 5.74) is 7.83. The van der Waals surface area contributed by atoms with Gasteiger partial charge in [0.25, 0.3) is 0 Å². The Balaban J connectivity index is -0.000000187. The predicted molar refractivity (Wildman–Crippen MR) is 224 cm³/mol. The van der Waals surface area contributed by atoms with E-state index >= 15 is 0 Å². The minimum atomic E-state index is 0. The van der Waals surface area contributed by atoms with Crippen LogP contribution < -0.4 is 0 Å². The summed E-state index contributed by atoms with van der Waals surface area (Å²) in [4.78, 5) is 8.96. The second-order valence-electron chi connectivity index (χ2n) is 8.38. The van der Waals surface area contributed by atoms with Crippen molar-refractivity contribution in [3.63, 3.8) is 0 Å². The molecule has 0 saturated carbocycles. The molecule has 0 aliphatic rings. The molecular weight excluding hydrogens is 770 g/mol. The molecule has 0 saturated heterocycles. The molecule has 0 aliphatic heterocycles. The molecule has 0 atom stereocenters. The van der Waals surface area contributed by atoms with Crippen molar-refractivity contribution in [3.8, 4) is 33.8 Å². The Morgan fingerprint density at radius 2 is 0.569 bits per heavy atom. The van der Waals surface area contributed by atoms with Crippen molar-refractivity contribution in [2.24, 2.45) is 0 Å². The molecule has 0 unspecified atom stereocenters. The number of hydrogen-bond acceptors (Lipinski definition) is 2. The first kappa shape index (κ1) is 57.7. The molecular formula is C47H66N2Y2. The van der Waals surface area contributed by atoms with Gasteiger partial charge in [0.1, 0.15) is 0 Å². The van der Waals surface area contributed by atoms with Crippen LogP contribution in [0.15, 0.2) is 164 Å². The first-order chi connectivity index (χ1) is 24.3. The van der Waals surface area contributed by atoms with Gasteiger partial charge in [-0.25, -0.2) is 4.98 Å². The third-order valence-corrected chi connectivity index (χ3v) is 5.56.